The molecule has 1 atom stereocenters. The van der Waals surface area contributed by atoms with Crippen LogP contribution in [0.4, 0.5) is 0 Å². The number of sulfonamides is 1. The van der Waals surface area contributed by atoms with Gasteiger partial charge in [-0.15, -0.1) is 0 Å². The van der Waals surface area contributed by atoms with Crippen molar-refractivity contribution >= 4 is 15.9 Å². The molecule has 1 aromatic rings. The summed E-state index contributed by atoms with van der Waals surface area (Å²) in [7, 11) is -2.36. The van der Waals surface area contributed by atoms with Crippen molar-refractivity contribution < 1.29 is 17.9 Å². The summed E-state index contributed by atoms with van der Waals surface area (Å²) in [5.74, 6) is -0.0918. The van der Waals surface area contributed by atoms with Gasteiger partial charge in [-0.2, -0.15) is 0 Å². The van der Waals surface area contributed by atoms with Crippen molar-refractivity contribution in [1.29, 1.82) is 0 Å². The van der Waals surface area contributed by atoms with E-state index in [0.717, 1.165) is 12.8 Å². The van der Waals surface area contributed by atoms with E-state index in [-0.39, 0.29) is 34.2 Å². The van der Waals surface area contributed by atoms with Gasteiger partial charge in [-0.1, -0.05) is 13.3 Å². The van der Waals surface area contributed by atoms with Crippen LogP contribution in [0.2, 0.25) is 0 Å². The molecule has 0 saturated carbocycles. The molecule has 0 heterocycles. The number of nitrogens with one attached hydrogen (secondary N) is 2. The van der Waals surface area contributed by atoms with Gasteiger partial charge in [0, 0.05) is 17.6 Å². The molecule has 1 rings (SSSR count). The van der Waals surface area contributed by atoms with Crippen LogP contribution in [0.3, 0.4) is 0 Å². The normalized spacial score (nSPS) is 13.0. The van der Waals surface area contributed by atoms with Crippen molar-refractivity contribution in [3.63, 3.8) is 0 Å². The highest BCUT2D eigenvalue weighted by Crippen LogP contribution is 2.25. The summed E-state index contributed by atoms with van der Waals surface area (Å²) in [6.07, 6.45) is 1.82. The summed E-state index contributed by atoms with van der Waals surface area (Å²) in [5.41, 5.74) is 0.290. The number of hydrogen-bond donors (Lipinski definition) is 2. The average Bonchev–Trinajstić information content (AvgIpc) is 2.45. The van der Waals surface area contributed by atoms with Gasteiger partial charge in [0.2, 0.25) is 10.0 Å². The molecule has 1 aromatic carbocycles. The Morgan fingerprint density at radius 3 is 2.43 bits per heavy atom. The van der Waals surface area contributed by atoms with E-state index in [2.05, 4.69) is 10.0 Å². The van der Waals surface area contributed by atoms with Crippen LogP contribution in [0.15, 0.2) is 23.1 Å². The van der Waals surface area contributed by atoms with E-state index < -0.39 is 10.0 Å². The monoisotopic (exact) mass is 342 g/mol. The van der Waals surface area contributed by atoms with E-state index >= 15 is 0 Å². The van der Waals surface area contributed by atoms with Gasteiger partial charge in [0.15, 0.2) is 0 Å². The van der Waals surface area contributed by atoms with Crippen molar-refractivity contribution in [1.82, 2.24) is 10.0 Å². The second-order valence-corrected chi connectivity index (χ2v) is 7.49. The molecule has 130 valence electrons. The van der Waals surface area contributed by atoms with Crippen LogP contribution in [0.25, 0.3) is 0 Å². The lowest BCUT2D eigenvalue weighted by Crippen LogP contribution is -2.33. The van der Waals surface area contributed by atoms with Gasteiger partial charge in [-0.3, -0.25) is 4.79 Å². The fourth-order valence-corrected chi connectivity index (χ4v) is 3.66. The second-order valence-electron chi connectivity index (χ2n) is 5.80. The Balaban J connectivity index is 3.15. The Hall–Kier alpha value is -1.60. The van der Waals surface area contributed by atoms with Crippen molar-refractivity contribution in [3.05, 3.63) is 23.8 Å². The molecule has 0 aliphatic carbocycles. The van der Waals surface area contributed by atoms with E-state index in [1.807, 2.05) is 13.8 Å². The van der Waals surface area contributed by atoms with Crippen molar-refractivity contribution in [2.24, 2.45) is 0 Å². The van der Waals surface area contributed by atoms with Gasteiger partial charge in [-0.25, -0.2) is 13.1 Å². The number of hydrogen-bond acceptors (Lipinski definition) is 4. The van der Waals surface area contributed by atoms with E-state index in [9.17, 15) is 13.2 Å². The number of methoxy groups -OCH3 is 1. The smallest absolute Gasteiger partial charge is 0.251 e. The van der Waals surface area contributed by atoms with Gasteiger partial charge in [0.05, 0.1) is 7.11 Å². The third kappa shape index (κ3) is 5.51. The molecule has 0 fully saturated rings. The minimum Gasteiger partial charge on any atom is -0.495 e. The SMILES string of the molecule is CCC[C@@H](C)NC(=O)c1ccc(OC)c(S(=O)(=O)NC(C)C)c1. The lowest BCUT2D eigenvalue weighted by Gasteiger charge is -2.16. The number of carbonyl (C=O) groups excluding carboxylic acids is 1. The Labute approximate surface area is 138 Å². The molecule has 0 bridgehead atoms. The third-order valence-corrected chi connectivity index (χ3v) is 4.89. The van der Waals surface area contributed by atoms with Crippen LogP contribution in [-0.4, -0.2) is 33.5 Å². The summed E-state index contributed by atoms with van der Waals surface area (Å²) >= 11 is 0. The zero-order valence-corrected chi connectivity index (χ0v) is 15.2. The van der Waals surface area contributed by atoms with Crippen LogP contribution >= 0.6 is 0 Å². The van der Waals surface area contributed by atoms with Crippen molar-refractivity contribution in [2.75, 3.05) is 7.11 Å². The van der Waals surface area contributed by atoms with Crippen LogP contribution < -0.4 is 14.8 Å². The topological polar surface area (TPSA) is 84.5 Å². The second kappa shape index (κ2) is 8.31. The van der Waals surface area contributed by atoms with Gasteiger partial charge in [-0.05, 0) is 45.4 Å². The highest BCUT2D eigenvalue weighted by Gasteiger charge is 2.22. The first-order chi connectivity index (χ1) is 10.7. The molecule has 0 aliphatic heterocycles. The van der Waals surface area contributed by atoms with E-state index in [1.54, 1.807) is 19.9 Å². The maximum Gasteiger partial charge on any atom is 0.251 e. The zero-order chi connectivity index (χ0) is 17.6. The number of rotatable bonds is 8. The summed E-state index contributed by atoms with van der Waals surface area (Å²) in [4.78, 5) is 12.2. The summed E-state index contributed by atoms with van der Waals surface area (Å²) in [6.45, 7) is 7.42. The quantitative estimate of drug-likeness (QED) is 0.759. The van der Waals surface area contributed by atoms with E-state index in [1.165, 1.54) is 19.2 Å². The molecule has 0 unspecified atom stereocenters. The Morgan fingerprint density at radius 2 is 1.91 bits per heavy atom. The summed E-state index contributed by atoms with van der Waals surface area (Å²) in [5, 5.41) is 2.86. The van der Waals surface area contributed by atoms with Gasteiger partial charge < -0.3 is 10.1 Å². The third-order valence-electron chi connectivity index (χ3n) is 3.21. The molecule has 6 nitrogen and oxygen atoms in total. The maximum atomic E-state index is 12.4. The molecule has 0 radical (unpaired) electrons. The first-order valence-corrected chi connectivity index (χ1v) is 9.20. The number of ether oxygens (including phenoxy) is 1. The van der Waals surface area contributed by atoms with Crippen molar-refractivity contribution in [3.8, 4) is 5.75 Å². The maximum absolute atomic E-state index is 12.4. The molecular weight excluding hydrogens is 316 g/mol. The largest absolute Gasteiger partial charge is 0.495 e. The van der Waals surface area contributed by atoms with Gasteiger partial charge in [0.25, 0.3) is 5.91 Å². The molecule has 2 N–H and O–H groups in total. The fraction of sp³-hybridized carbons (Fsp3) is 0.562. The predicted molar refractivity (Wildman–Crippen MR) is 90.3 cm³/mol. The lowest BCUT2D eigenvalue weighted by atomic mass is 10.1. The summed E-state index contributed by atoms with van der Waals surface area (Å²) < 4.78 is 32.4. The number of amides is 1. The molecule has 7 heteroatoms. The number of benzene rings is 1. The van der Waals surface area contributed by atoms with E-state index in [4.69, 9.17) is 4.74 Å². The molecule has 23 heavy (non-hydrogen) atoms. The highest BCUT2D eigenvalue weighted by atomic mass is 32.2. The number of carbonyl (C=O) groups is 1. The minimum atomic E-state index is -3.75. The zero-order valence-electron chi connectivity index (χ0n) is 14.3. The molecule has 0 saturated heterocycles. The van der Waals surface area contributed by atoms with Crippen molar-refractivity contribution in [2.45, 2.75) is 57.5 Å². The first-order valence-electron chi connectivity index (χ1n) is 7.72. The van der Waals surface area contributed by atoms with Crippen LogP contribution in [0, 0.1) is 0 Å². The van der Waals surface area contributed by atoms with Crippen LogP contribution in [0.1, 0.15) is 50.9 Å². The molecule has 0 spiro atoms. The van der Waals surface area contributed by atoms with Gasteiger partial charge >= 0.3 is 0 Å². The van der Waals surface area contributed by atoms with Crippen LogP contribution in [0.5, 0.6) is 5.75 Å². The molecule has 1 amide bonds. The Kier molecular flexibility index (Phi) is 7.02. The lowest BCUT2D eigenvalue weighted by molar-refractivity contribution is 0.0938. The average molecular weight is 342 g/mol. The fourth-order valence-electron chi connectivity index (χ4n) is 2.21. The molecule has 0 aromatic heterocycles. The Morgan fingerprint density at radius 1 is 1.26 bits per heavy atom. The standard InChI is InChI=1S/C16H26N2O4S/c1-6-7-12(4)17-16(19)13-8-9-14(22-5)15(10-13)23(20,21)18-11(2)3/h8-12,18H,6-7H2,1-5H3,(H,17,19)/t12-/m1/s1. The molecule has 0 aliphatic rings. The highest BCUT2D eigenvalue weighted by molar-refractivity contribution is 7.89. The Bertz CT molecular complexity index is 641. The predicted octanol–water partition coefficient (Wildman–Crippen LogP) is 2.30. The van der Waals surface area contributed by atoms with Crippen LogP contribution in [-0.2, 0) is 10.0 Å². The van der Waals surface area contributed by atoms with E-state index in [0.29, 0.717) is 0 Å². The summed E-state index contributed by atoms with van der Waals surface area (Å²) in [6, 6.07) is 4.17. The molecular formula is C16H26N2O4S. The first kappa shape index (κ1) is 19.4. The van der Waals surface area contributed by atoms with Gasteiger partial charge in [0.1, 0.15) is 10.6 Å². The minimum absolute atomic E-state index is 0.0310.